The van der Waals surface area contributed by atoms with Crippen molar-refractivity contribution in [3.8, 4) is 5.88 Å². The maximum atomic E-state index is 5.42. The highest BCUT2D eigenvalue weighted by Gasteiger charge is 1.96. The van der Waals surface area contributed by atoms with Crippen LogP contribution < -0.4 is 4.74 Å². The van der Waals surface area contributed by atoms with Gasteiger partial charge in [-0.1, -0.05) is 39.1 Å². The summed E-state index contributed by atoms with van der Waals surface area (Å²) in [5.41, 5.74) is 1.10. The first-order chi connectivity index (χ1) is 7.76. The smallest absolute Gasteiger partial charge is 0.219 e. The van der Waals surface area contributed by atoms with Gasteiger partial charge in [-0.15, -0.1) is 0 Å². The lowest BCUT2D eigenvalue weighted by molar-refractivity contribution is 0.427. The maximum absolute atomic E-state index is 5.42. The van der Waals surface area contributed by atoms with Gasteiger partial charge in [0.2, 0.25) is 5.88 Å². The molecule has 0 aliphatic carbocycles. The Morgan fingerprint density at radius 2 is 2.00 bits per heavy atom. The molecule has 16 heavy (non-hydrogen) atoms. The van der Waals surface area contributed by atoms with Crippen LogP contribution in [0, 0.1) is 6.92 Å². The highest BCUT2D eigenvalue weighted by Crippen LogP contribution is 2.11. The number of aryl methyl sites for hydroxylation is 1. The van der Waals surface area contributed by atoms with E-state index in [2.05, 4.69) is 18.1 Å². The first-order valence-corrected chi connectivity index (χ1v) is 5.32. The quantitative estimate of drug-likeness (QED) is 0.560. The van der Waals surface area contributed by atoms with Gasteiger partial charge in [-0.3, -0.25) is 0 Å². The predicted octanol–water partition coefficient (Wildman–Crippen LogP) is 4.05. The van der Waals surface area contributed by atoms with Crippen LogP contribution in [0.15, 0.2) is 55.5 Å². The molecule has 0 fully saturated rings. The summed E-state index contributed by atoms with van der Waals surface area (Å²) in [6, 6.07) is 3.76. The second-order valence-corrected chi connectivity index (χ2v) is 2.78. The Balaban J connectivity index is 0.00000106. The molecule has 2 heteroatoms. The van der Waals surface area contributed by atoms with Gasteiger partial charge in [-0.2, -0.15) is 0 Å². The van der Waals surface area contributed by atoms with Gasteiger partial charge in [-0.25, -0.2) is 4.98 Å². The molecule has 0 aliphatic heterocycles. The number of allylic oxidation sites excluding steroid dienone is 3. The van der Waals surface area contributed by atoms with Crippen LogP contribution in [0.25, 0.3) is 0 Å². The normalized spacial score (nSPS) is 9.81. The summed E-state index contributed by atoms with van der Waals surface area (Å²) in [6.45, 7) is 13.2. The highest BCUT2D eigenvalue weighted by molar-refractivity contribution is 5.23. The molecule has 0 spiro atoms. The van der Waals surface area contributed by atoms with Gasteiger partial charge in [0.25, 0.3) is 0 Å². The lowest BCUT2D eigenvalue weighted by atomic mass is 10.3. The molecule has 0 N–H and O–H groups in total. The summed E-state index contributed by atoms with van der Waals surface area (Å²) < 4.78 is 5.42. The molecule has 0 atom stereocenters. The lowest BCUT2D eigenvalue weighted by Crippen LogP contribution is -1.93. The van der Waals surface area contributed by atoms with E-state index in [0.717, 1.165) is 5.56 Å². The van der Waals surface area contributed by atoms with Crippen molar-refractivity contribution in [3.05, 3.63) is 61.0 Å². The van der Waals surface area contributed by atoms with Crippen LogP contribution in [0.4, 0.5) is 0 Å². The molecule has 0 unspecified atom stereocenters. The minimum absolute atomic E-state index is 0.559. The van der Waals surface area contributed by atoms with Gasteiger partial charge in [0.05, 0.1) is 0 Å². The van der Waals surface area contributed by atoms with Gasteiger partial charge >= 0.3 is 0 Å². The summed E-state index contributed by atoms with van der Waals surface area (Å²) >= 11 is 0. The van der Waals surface area contributed by atoms with Crippen molar-refractivity contribution >= 4 is 0 Å². The van der Waals surface area contributed by atoms with E-state index in [1.807, 2.05) is 32.9 Å². The number of rotatable bonds is 4. The number of hydrogen-bond donors (Lipinski definition) is 0. The summed E-state index contributed by atoms with van der Waals surface area (Å²) in [5, 5.41) is 0. The van der Waals surface area contributed by atoms with E-state index in [1.54, 1.807) is 24.4 Å². The van der Waals surface area contributed by atoms with Crippen LogP contribution in [0.3, 0.4) is 0 Å². The number of nitrogens with zero attached hydrogens (tertiary/aromatic N) is 1. The second kappa shape index (κ2) is 8.48. The first-order valence-electron chi connectivity index (χ1n) is 5.32. The van der Waals surface area contributed by atoms with Crippen LogP contribution >= 0.6 is 0 Å². The zero-order chi connectivity index (χ0) is 12.4. The molecule has 0 radical (unpaired) electrons. The molecule has 1 rings (SSSR count). The van der Waals surface area contributed by atoms with Gasteiger partial charge in [-0.05, 0) is 24.6 Å². The summed E-state index contributed by atoms with van der Waals surface area (Å²) in [6.07, 6.45) is 6.74. The topological polar surface area (TPSA) is 22.1 Å². The fourth-order valence-corrected chi connectivity index (χ4v) is 0.895. The predicted molar refractivity (Wildman–Crippen MR) is 69.4 cm³/mol. The average molecular weight is 217 g/mol. The Labute approximate surface area is 98.0 Å². The third kappa shape index (κ3) is 5.15. The number of ether oxygens (including phenoxy) is 1. The molecular weight excluding hydrogens is 198 g/mol. The van der Waals surface area contributed by atoms with E-state index < -0.39 is 0 Å². The van der Waals surface area contributed by atoms with Gasteiger partial charge in [0.1, 0.15) is 5.76 Å². The Morgan fingerprint density at radius 3 is 2.44 bits per heavy atom. The zero-order valence-corrected chi connectivity index (χ0v) is 10.2. The Hall–Kier alpha value is -1.83. The van der Waals surface area contributed by atoms with Gasteiger partial charge in [0, 0.05) is 12.3 Å². The molecule has 2 nitrogen and oxygen atoms in total. The molecule has 0 amide bonds. The molecule has 1 aromatic heterocycles. The second-order valence-electron chi connectivity index (χ2n) is 2.78. The van der Waals surface area contributed by atoms with E-state index in [1.165, 1.54) is 0 Å². The van der Waals surface area contributed by atoms with Crippen molar-refractivity contribution in [2.24, 2.45) is 0 Å². The highest BCUT2D eigenvalue weighted by atomic mass is 16.5. The molecule has 1 heterocycles. The summed E-state index contributed by atoms with van der Waals surface area (Å²) in [5.74, 6) is 1.19. The minimum atomic E-state index is 0.559. The molecule has 0 aromatic carbocycles. The molecule has 0 saturated carbocycles. The number of hydrogen-bond acceptors (Lipinski definition) is 2. The van der Waals surface area contributed by atoms with Crippen LogP contribution in [0.5, 0.6) is 5.88 Å². The van der Waals surface area contributed by atoms with E-state index in [9.17, 15) is 0 Å². The molecule has 0 aliphatic rings. The van der Waals surface area contributed by atoms with Crippen LogP contribution in [0.2, 0.25) is 0 Å². The largest absolute Gasteiger partial charge is 0.439 e. The van der Waals surface area contributed by atoms with Crippen molar-refractivity contribution in [2.75, 3.05) is 0 Å². The molecular formula is C14H19NO. The van der Waals surface area contributed by atoms with Crippen molar-refractivity contribution in [2.45, 2.75) is 20.8 Å². The van der Waals surface area contributed by atoms with Crippen molar-refractivity contribution in [3.63, 3.8) is 0 Å². The van der Waals surface area contributed by atoms with Crippen LogP contribution in [-0.4, -0.2) is 4.98 Å². The summed E-state index contributed by atoms with van der Waals surface area (Å²) in [4.78, 5) is 4.10. The molecule has 0 saturated heterocycles. The number of aromatic nitrogens is 1. The van der Waals surface area contributed by atoms with E-state index in [4.69, 9.17) is 4.74 Å². The van der Waals surface area contributed by atoms with Gasteiger partial charge in [0.15, 0.2) is 0 Å². The number of pyridine rings is 1. The standard InChI is InChI=1S/C12H13NO.C2H6/c1-4-6-11(5-2)14-12-8-7-10(3)9-13-12;1-2/h4-9H,1-2H2,3H3;1-2H3/b11-6+;. The SMILES string of the molecule is C=C/C=C(\C=C)Oc1ccc(C)cn1.CC. The van der Waals surface area contributed by atoms with Crippen molar-refractivity contribution in [1.29, 1.82) is 0 Å². The van der Waals surface area contributed by atoms with Crippen LogP contribution in [0.1, 0.15) is 19.4 Å². The maximum Gasteiger partial charge on any atom is 0.219 e. The first kappa shape index (κ1) is 14.2. The van der Waals surface area contributed by atoms with Crippen LogP contribution in [-0.2, 0) is 0 Å². The third-order valence-electron chi connectivity index (χ3n) is 1.59. The van der Waals surface area contributed by atoms with E-state index in [-0.39, 0.29) is 0 Å². The molecule has 86 valence electrons. The Bertz CT molecular complexity index is 350. The average Bonchev–Trinajstić information content (AvgIpc) is 2.34. The van der Waals surface area contributed by atoms with Crippen molar-refractivity contribution in [1.82, 2.24) is 4.98 Å². The van der Waals surface area contributed by atoms with Crippen molar-refractivity contribution < 1.29 is 4.74 Å². The lowest BCUT2D eigenvalue weighted by Gasteiger charge is -2.04. The van der Waals surface area contributed by atoms with E-state index in [0.29, 0.717) is 11.6 Å². The molecule has 1 aromatic rings. The molecule has 0 bridgehead atoms. The fraction of sp³-hybridized carbons (Fsp3) is 0.214. The third-order valence-corrected chi connectivity index (χ3v) is 1.59. The van der Waals surface area contributed by atoms with Gasteiger partial charge < -0.3 is 4.74 Å². The Morgan fingerprint density at radius 1 is 1.31 bits per heavy atom. The fourth-order valence-electron chi connectivity index (χ4n) is 0.895. The Kier molecular flexibility index (Phi) is 7.51. The zero-order valence-electron chi connectivity index (χ0n) is 10.2. The monoisotopic (exact) mass is 217 g/mol. The minimum Gasteiger partial charge on any atom is -0.439 e. The van der Waals surface area contributed by atoms with E-state index >= 15 is 0 Å². The summed E-state index contributed by atoms with van der Waals surface area (Å²) in [7, 11) is 0.